The summed E-state index contributed by atoms with van der Waals surface area (Å²) in [5, 5.41) is 4.47. The van der Waals surface area contributed by atoms with Gasteiger partial charge in [-0.2, -0.15) is 0 Å². The summed E-state index contributed by atoms with van der Waals surface area (Å²) in [6.45, 7) is 14.3. The van der Waals surface area contributed by atoms with Crippen LogP contribution in [0, 0.1) is 0 Å². The van der Waals surface area contributed by atoms with E-state index in [-0.39, 0.29) is 10.8 Å². The van der Waals surface area contributed by atoms with Crippen molar-refractivity contribution < 1.29 is 4.42 Å². The summed E-state index contributed by atoms with van der Waals surface area (Å²) in [5.74, 6) is 1.06. The maximum atomic E-state index is 6.07. The molecule has 0 aliphatic heterocycles. The molecule has 2 rings (SSSR count). The molecule has 0 atom stereocenters. The van der Waals surface area contributed by atoms with Crippen LogP contribution in [0.5, 0.6) is 0 Å². The zero-order chi connectivity index (χ0) is 15.1. The van der Waals surface area contributed by atoms with Crippen LogP contribution in [0.4, 0.5) is 0 Å². The lowest BCUT2D eigenvalue weighted by molar-refractivity contribution is 0.495. The lowest BCUT2D eigenvalue weighted by Gasteiger charge is -2.21. The normalized spacial score (nSPS) is 13.2. The zero-order valence-electron chi connectivity index (χ0n) is 13.8. The van der Waals surface area contributed by atoms with Crippen molar-refractivity contribution in [1.82, 2.24) is 5.32 Å². The van der Waals surface area contributed by atoms with Crippen LogP contribution in [0.25, 0.3) is 11.0 Å². The van der Waals surface area contributed by atoms with E-state index in [9.17, 15) is 0 Å². The summed E-state index contributed by atoms with van der Waals surface area (Å²) >= 11 is 0. The Morgan fingerprint density at radius 1 is 1.00 bits per heavy atom. The molecular weight excluding hydrogens is 246 g/mol. The van der Waals surface area contributed by atoms with Crippen molar-refractivity contribution in [3.63, 3.8) is 0 Å². The van der Waals surface area contributed by atoms with E-state index < -0.39 is 0 Å². The van der Waals surface area contributed by atoms with E-state index in [4.69, 9.17) is 4.42 Å². The maximum Gasteiger partial charge on any atom is 0.134 e. The van der Waals surface area contributed by atoms with Gasteiger partial charge in [0, 0.05) is 10.9 Å². The Morgan fingerprint density at radius 3 is 2.15 bits per heavy atom. The van der Waals surface area contributed by atoms with Crippen LogP contribution in [0.2, 0.25) is 0 Å². The fourth-order valence-electron chi connectivity index (χ4n) is 2.72. The molecule has 1 aromatic heterocycles. The number of hydrogen-bond acceptors (Lipinski definition) is 2. The van der Waals surface area contributed by atoms with Crippen LogP contribution in [0.3, 0.4) is 0 Å². The Hall–Kier alpha value is -1.28. The molecule has 0 fully saturated rings. The molecule has 0 radical (unpaired) electrons. The molecule has 1 heterocycles. The van der Waals surface area contributed by atoms with Crippen LogP contribution in [0.1, 0.15) is 58.4 Å². The lowest BCUT2D eigenvalue weighted by Crippen LogP contribution is -2.16. The predicted octanol–water partition coefficient (Wildman–Crippen LogP) is 4.75. The SMILES string of the molecule is CNCc1oc2ccc(C(C)(C)C)cc2c1C(C)(C)C. The minimum atomic E-state index is 0.0773. The molecule has 1 N–H and O–H groups in total. The molecule has 0 amide bonds. The van der Waals surface area contributed by atoms with Crippen LogP contribution in [-0.2, 0) is 17.4 Å². The van der Waals surface area contributed by atoms with Gasteiger partial charge in [0.25, 0.3) is 0 Å². The molecule has 1 aromatic carbocycles. The monoisotopic (exact) mass is 273 g/mol. The zero-order valence-corrected chi connectivity index (χ0v) is 13.8. The number of hydrogen-bond donors (Lipinski definition) is 1. The molecule has 20 heavy (non-hydrogen) atoms. The van der Waals surface area contributed by atoms with Gasteiger partial charge in [0.2, 0.25) is 0 Å². The van der Waals surface area contributed by atoms with E-state index in [0.717, 1.165) is 17.9 Å². The molecule has 0 aliphatic rings. The van der Waals surface area contributed by atoms with E-state index in [0.29, 0.717) is 0 Å². The molecule has 2 nitrogen and oxygen atoms in total. The third-order valence-corrected chi connectivity index (χ3v) is 3.71. The lowest BCUT2D eigenvalue weighted by atomic mass is 9.82. The second-order valence-corrected chi connectivity index (χ2v) is 7.64. The highest BCUT2D eigenvalue weighted by atomic mass is 16.3. The van der Waals surface area contributed by atoms with Crippen molar-refractivity contribution >= 4 is 11.0 Å². The number of fused-ring (bicyclic) bond motifs is 1. The fraction of sp³-hybridized carbons (Fsp3) is 0.556. The fourth-order valence-corrected chi connectivity index (χ4v) is 2.72. The first kappa shape index (κ1) is 15.1. The van der Waals surface area contributed by atoms with Gasteiger partial charge in [-0.1, -0.05) is 47.6 Å². The van der Waals surface area contributed by atoms with Crippen LogP contribution < -0.4 is 5.32 Å². The van der Waals surface area contributed by atoms with E-state index in [1.165, 1.54) is 16.5 Å². The molecule has 0 aliphatic carbocycles. The van der Waals surface area contributed by atoms with Gasteiger partial charge in [0.1, 0.15) is 11.3 Å². The van der Waals surface area contributed by atoms with Gasteiger partial charge in [0.05, 0.1) is 6.54 Å². The van der Waals surface area contributed by atoms with Crippen LogP contribution in [-0.4, -0.2) is 7.05 Å². The van der Waals surface area contributed by atoms with E-state index in [1.54, 1.807) is 0 Å². The van der Waals surface area contributed by atoms with Gasteiger partial charge in [-0.05, 0) is 35.6 Å². The third-order valence-electron chi connectivity index (χ3n) is 3.71. The summed E-state index contributed by atoms with van der Waals surface area (Å²) in [6.07, 6.45) is 0. The first-order chi connectivity index (χ1) is 9.14. The van der Waals surface area contributed by atoms with Gasteiger partial charge in [-0.3, -0.25) is 0 Å². The summed E-state index contributed by atoms with van der Waals surface area (Å²) in [7, 11) is 1.96. The first-order valence-electron chi connectivity index (χ1n) is 7.35. The number of rotatable bonds is 2. The summed E-state index contributed by atoms with van der Waals surface area (Å²) < 4.78 is 6.07. The average Bonchev–Trinajstić information content (AvgIpc) is 2.64. The van der Waals surface area contributed by atoms with Crippen molar-refractivity contribution in [3.05, 3.63) is 35.1 Å². The summed E-state index contributed by atoms with van der Waals surface area (Å²) in [6, 6.07) is 6.60. The molecule has 0 unspecified atom stereocenters. The third kappa shape index (κ3) is 2.76. The Morgan fingerprint density at radius 2 is 1.65 bits per heavy atom. The highest BCUT2D eigenvalue weighted by molar-refractivity contribution is 5.84. The molecule has 0 spiro atoms. The standard InChI is InChI=1S/C18H27NO/c1-17(2,3)12-8-9-14-13(10-12)16(18(4,5)6)15(20-14)11-19-7/h8-10,19H,11H2,1-7H3. The molecule has 0 saturated heterocycles. The number of nitrogens with one attached hydrogen (secondary N) is 1. The van der Waals surface area contributed by atoms with Gasteiger partial charge < -0.3 is 9.73 Å². The minimum Gasteiger partial charge on any atom is -0.459 e. The number of benzene rings is 1. The summed E-state index contributed by atoms with van der Waals surface area (Å²) in [4.78, 5) is 0. The molecule has 2 heteroatoms. The quantitative estimate of drug-likeness (QED) is 0.854. The average molecular weight is 273 g/mol. The van der Waals surface area contributed by atoms with Gasteiger partial charge in [-0.15, -0.1) is 0 Å². The van der Waals surface area contributed by atoms with Crippen LogP contribution in [0.15, 0.2) is 22.6 Å². The molecule has 2 aromatic rings. The van der Waals surface area contributed by atoms with E-state index in [1.807, 2.05) is 7.05 Å². The van der Waals surface area contributed by atoms with Gasteiger partial charge in [0.15, 0.2) is 0 Å². The van der Waals surface area contributed by atoms with Crippen molar-refractivity contribution in [2.24, 2.45) is 0 Å². The minimum absolute atomic E-state index is 0.0773. The van der Waals surface area contributed by atoms with Crippen LogP contribution >= 0.6 is 0 Å². The maximum absolute atomic E-state index is 6.07. The topological polar surface area (TPSA) is 25.2 Å². The Kier molecular flexibility index (Phi) is 3.72. The molecular formula is C18H27NO. The van der Waals surface area contributed by atoms with Crippen molar-refractivity contribution in [3.8, 4) is 0 Å². The number of furan rings is 1. The van der Waals surface area contributed by atoms with E-state index in [2.05, 4.69) is 65.1 Å². The highest BCUT2D eigenvalue weighted by Crippen LogP contribution is 2.37. The van der Waals surface area contributed by atoms with Gasteiger partial charge >= 0.3 is 0 Å². The molecule has 110 valence electrons. The predicted molar refractivity (Wildman–Crippen MR) is 86.4 cm³/mol. The Bertz CT molecular complexity index is 609. The highest BCUT2D eigenvalue weighted by Gasteiger charge is 2.26. The summed E-state index contributed by atoms with van der Waals surface area (Å²) in [5.41, 5.74) is 3.91. The largest absolute Gasteiger partial charge is 0.459 e. The van der Waals surface area contributed by atoms with Gasteiger partial charge in [-0.25, -0.2) is 0 Å². The first-order valence-corrected chi connectivity index (χ1v) is 7.35. The van der Waals surface area contributed by atoms with Crippen molar-refractivity contribution in [2.75, 3.05) is 7.05 Å². The van der Waals surface area contributed by atoms with E-state index >= 15 is 0 Å². The second-order valence-electron chi connectivity index (χ2n) is 7.64. The second kappa shape index (κ2) is 4.92. The van der Waals surface area contributed by atoms with Crippen molar-refractivity contribution in [1.29, 1.82) is 0 Å². The Labute approximate surface area is 122 Å². The Balaban J connectivity index is 2.73. The molecule has 0 bridgehead atoms. The smallest absolute Gasteiger partial charge is 0.134 e. The van der Waals surface area contributed by atoms with Crippen molar-refractivity contribution in [2.45, 2.75) is 58.9 Å². The molecule has 0 saturated carbocycles.